The molecule has 0 aliphatic carbocycles. The standard InChI is InChI=1S/C21H19FN8O/c1-3-4-13-19-24-10-25-30(19)9-14(26-13)17-27-16(23)15-18(28-17)29-20(31)21(15,2)11-5-7-12(22)8-6-11/h5-10H,3-4H2,1-2H3,(H3,23,27,28,29,31). The molecule has 156 valence electrons. The van der Waals surface area contributed by atoms with Crippen LogP contribution in [0.3, 0.4) is 0 Å². The van der Waals surface area contributed by atoms with Crippen LogP contribution < -0.4 is 11.1 Å². The van der Waals surface area contributed by atoms with Crippen LogP contribution in [0, 0.1) is 5.82 Å². The van der Waals surface area contributed by atoms with Crippen molar-refractivity contribution in [3.63, 3.8) is 0 Å². The number of hydrogen-bond acceptors (Lipinski definition) is 7. The lowest BCUT2D eigenvalue weighted by atomic mass is 9.78. The van der Waals surface area contributed by atoms with Crippen molar-refractivity contribution in [2.24, 2.45) is 0 Å². The van der Waals surface area contributed by atoms with Crippen molar-refractivity contribution < 1.29 is 9.18 Å². The molecule has 9 nitrogen and oxygen atoms in total. The van der Waals surface area contributed by atoms with E-state index in [-0.39, 0.29) is 23.4 Å². The predicted molar refractivity (Wildman–Crippen MR) is 112 cm³/mol. The first-order chi connectivity index (χ1) is 14.9. The Labute approximate surface area is 176 Å². The van der Waals surface area contributed by atoms with Crippen LogP contribution in [0.2, 0.25) is 0 Å². The maximum Gasteiger partial charge on any atom is 0.240 e. The second-order valence-corrected chi connectivity index (χ2v) is 7.59. The normalized spacial score (nSPS) is 17.7. The molecule has 10 heteroatoms. The Morgan fingerprint density at radius 2 is 1.97 bits per heavy atom. The molecule has 0 saturated heterocycles. The molecular formula is C21H19FN8O. The molecule has 1 aliphatic heterocycles. The van der Waals surface area contributed by atoms with Gasteiger partial charge in [-0.25, -0.2) is 28.8 Å². The fourth-order valence-corrected chi connectivity index (χ4v) is 3.98. The number of halogens is 1. The Hall–Kier alpha value is -3.95. The third-order valence-corrected chi connectivity index (χ3v) is 5.59. The molecule has 1 unspecified atom stereocenters. The van der Waals surface area contributed by atoms with Gasteiger partial charge < -0.3 is 11.1 Å². The number of amides is 1. The van der Waals surface area contributed by atoms with E-state index >= 15 is 0 Å². The van der Waals surface area contributed by atoms with Gasteiger partial charge in [-0.05, 0) is 31.0 Å². The van der Waals surface area contributed by atoms with Crippen molar-refractivity contribution in [1.29, 1.82) is 0 Å². The average molecular weight is 418 g/mol. The van der Waals surface area contributed by atoms with Gasteiger partial charge in [0.15, 0.2) is 11.5 Å². The summed E-state index contributed by atoms with van der Waals surface area (Å²) in [6.45, 7) is 3.77. The Bertz CT molecular complexity index is 1330. The molecule has 4 heterocycles. The molecular weight excluding hydrogens is 399 g/mol. The highest BCUT2D eigenvalue weighted by Gasteiger charge is 2.47. The quantitative estimate of drug-likeness (QED) is 0.522. The minimum absolute atomic E-state index is 0.155. The molecule has 0 spiro atoms. The largest absolute Gasteiger partial charge is 0.383 e. The summed E-state index contributed by atoms with van der Waals surface area (Å²) in [4.78, 5) is 30.9. The number of aryl methyl sites for hydroxylation is 1. The fourth-order valence-electron chi connectivity index (χ4n) is 3.98. The number of hydrogen-bond donors (Lipinski definition) is 2. The van der Waals surface area contributed by atoms with E-state index in [1.807, 2.05) is 0 Å². The Morgan fingerprint density at radius 3 is 2.71 bits per heavy atom. The number of nitrogens with two attached hydrogens (primary N) is 1. The topological polar surface area (TPSA) is 124 Å². The number of nitrogens with one attached hydrogen (secondary N) is 1. The molecule has 0 fully saturated rings. The van der Waals surface area contributed by atoms with Crippen molar-refractivity contribution in [1.82, 2.24) is 29.5 Å². The lowest BCUT2D eigenvalue weighted by Crippen LogP contribution is -2.33. The SMILES string of the molecule is CCCc1nc(-c2nc(N)c3c(n2)NC(=O)C3(C)c2ccc(F)cc2)cn2ncnc12. The van der Waals surface area contributed by atoms with Gasteiger partial charge in [0.1, 0.15) is 34.9 Å². The number of nitrogens with zero attached hydrogens (tertiary/aromatic N) is 6. The first-order valence-corrected chi connectivity index (χ1v) is 9.87. The highest BCUT2D eigenvalue weighted by atomic mass is 19.1. The molecule has 4 aromatic rings. The van der Waals surface area contributed by atoms with Gasteiger partial charge in [0, 0.05) is 0 Å². The third kappa shape index (κ3) is 2.82. The molecule has 31 heavy (non-hydrogen) atoms. The summed E-state index contributed by atoms with van der Waals surface area (Å²) in [6.07, 6.45) is 4.75. The van der Waals surface area contributed by atoms with Gasteiger partial charge in [-0.15, -0.1) is 0 Å². The molecule has 0 saturated carbocycles. The van der Waals surface area contributed by atoms with E-state index in [0.717, 1.165) is 18.5 Å². The summed E-state index contributed by atoms with van der Waals surface area (Å²) in [5.41, 5.74) is 8.18. The highest BCUT2D eigenvalue weighted by Crippen LogP contribution is 2.44. The molecule has 0 radical (unpaired) electrons. The Morgan fingerprint density at radius 1 is 1.19 bits per heavy atom. The van der Waals surface area contributed by atoms with E-state index in [0.29, 0.717) is 28.3 Å². The van der Waals surface area contributed by atoms with Gasteiger partial charge in [0.2, 0.25) is 5.91 Å². The van der Waals surface area contributed by atoms with Crippen LogP contribution in [0.15, 0.2) is 36.8 Å². The number of carbonyl (C=O) groups excluding carboxylic acids is 1. The van der Waals surface area contributed by atoms with Crippen LogP contribution in [0.5, 0.6) is 0 Å². The smallest absolute Gasteiger partial charge is 0.240 e. The molecule has 3 N–H and O–H groups in total. The van der Waals surface area contributed by atoms with Crippen molar-refractivity contribution in [2.45, 2.75) is 32.1 Å². The van der Waals surface area contributed by atoms with Gasteiger partial charge in [-0.1, -0.05) is 25.5 Å². The van der Waals surface area contributed by atoms with Crippen LogP contribution in [-0.2, 0) is 16.6 Å². The van der Waals surface area contributed by atoms with Crippen LogP contribution in [0.1, 0.15) is 37.1 Å². The first kappa shape index (κ1) is 19.0. The maximum absolute atomic E-state index is 13.4. The average Bonchev–Trinajstić information content (AvgIpc) is 3.32. The number of anilines is 2. The Kier molecular flexibility index (Phi) is 4.17. The zero-order chi connectivity index (χ0) is 21.8. The van der Waals surface area contributed by atoms with Gasteiger partial charge in [0.05, 0.1) is 17.5 Å². The zero-order valence-electron chi connectivity index (χ0n) is 16.9. The molecule has 1 amide bonds. The molecule has 1 aromatic carbocycles. The lowest BCUT2D eigenvalue weighted by molar-refractivity contribution is -0.119. The predicted octanol–water partition coefficient (Wildman–Crippen LogP) is 2.51. The van der Waals surface area contributed by atoms with E-state index < -0.39 is 5.41 Å². The van der Waals surface area contributed by atoms with E-state index in [2.05, 4.69) is 37.3 Å². The van der Waals surface area contributed by atoms with Gasteiger partial charge in [-0.2, -0.15) is 5.10 Å². The summed E-state index contributed by atoms with van der Waals surface area (Å²) in [5, 5.41) is 7.00. The number of rotatable bonds is 4. The van der Waals surface area contributed by atoms with E-state index in [1.165, 1.54) is 18.5 Å². The lowest BCUT2D eigenvalue weighted by Gasteiger charge is -2.23. The minimum Gasteiger partial charge on any atom is -0.383 e. The second-order valence-electron chi connectivity index (χ2n) is 7.59. The highest BCUT2D eigenvalue weighted by molar-refractivity contribution is 6.09. The minimum atomic E-state index is -1.14. The first-order valence-electron chi connectivity index (χ1n) is 9.87. The van der Waals surface area contributed by atoms with E-state index in [4.69, 9.17) is 5.73 Å². The molecule has 0 bridgehead atoms. The summed E-state index contributed by atoms with van der Waals surface area (Å²) in [7, 11) is 0. The number of benzene rings is 1. The fraction of sp³-hybridized carbons (Fsp3) is 0.238. The molecule has 1 atom stereocenters. The maximum atomic E-state index is 13.4. The van der Waals surface area contributed by atoms with Crippen molar-refractivity contribution >= 4 is 23.2 Å². The van der Waals surface area contributed by atoms with Crippen LogP contribution >= 0.6 is 0 Å². The molecule has 5 rings (SSSR count). The van der Waals surface area contributed by atoms with Crippen LogP contribution in [0.4, 0.5) is 16.0 Å². The van der Waals surface area contributed by atoms with Gasteiger partial charge in [0.25, 0.3) is 0 Å². The van der Waals surface area contributed by atoms with Crippen molar-refractivity contribution in [3.05, 3.63) is 59.4 Å². The summed E-state index contributed by atoms with van der Waals surface area (Å²) in [6, 6.07) is 5.75. The monoisotopic (exact) mass is 418 g/mol. The Balaban J connectivity index is 1.66. The summed E-state index contributed by atoms with van der Waals surface area (Å²) < 4.78 is 15.0. The van der Waals surface area contributed by atoms with E-state index in [9.17, 15) is 9.18 Å². The van der Waals surface area contributed by atoms with Crippen molar-refractivity contribution in [2.75, 3.05) is 11.1 Å². The van der Waals surface area contributed by atoms with Crippen LogP contribution in [0.25, 0.3) is 17.2 Å². The number of nitrogen functional groups attached to an aromatic ring is 1. The number of fused-ring (bicyclic) bond motifs is 2. The zero-order valence-corrected chi connectivity index (χ0v) is 16.9. The van der Waals surface area contributed by atoms with Gasteiger partial charge in [-0.3, -0.25) is 4.79 Å². The van der Waals surface area contributed by atoms with E-state index in [1.54, 1.807) is 29.8 Å². The second kappa shape index (κ2) is 6.79. The van der Waals surface area contributed by atoms with Crippen LogP contribution in [-0.4, -0.2) is 35.5 Å². The molecule has 3 aromatic heterocycles. The summed E-state index contributed by atoms with van der Waals surface area (Å²) >= 11 is 0. The molecule has 1 aliphatic rings. The van der Waals surface area contributed by atoms with Gasteiger partial charge >= 0.3 is 0 Å². The summed E-state index contributed by atoms with van der Waals surface area (Å²) in [5.74, 6) is 0.0517. The van der Waals surface area contributed by atoms with Crippen molar-refractivity contribution in [3.8, 4) is 11.5 Å². The number of carbonyl (C=O) groups is 1. The third-order valence-electron chi connectivity index (χ3n) is 5.59. The number of aromatic nitrogens is 6.